The van der Waals surface area contributed by atoms with Crippen molar-refractivity contribution in [2.24, 2.45) is 5.92 Å². The van der Waals surface area contributed by atoms with Gasteiger partial charge in [0.1, 0.15) is 5.75 Å². The second-order valence-corrected chi connectivity index (χ2v) is 14.4. The number of alkyl halides is 2. The van der Waals surface area contributed by atoms with Gasteiger partial charge in [0.25, 0.3) is 5.91 Å². The Labute approximate surface area is 215 Å². The fourth-order valence-electron chi connectivity index (χ4n) is 3.94. The summed E-state index contributed by atoms with van der Waals surface area (Å²) in [7, 11) is 0. The number of hydrogen-bond donors (Lipinski definition) is 2. The third kappa shape index (κ3) is 7.15. The van der Waals surface area contributed by atoms with Gasteiger partial charge in [-0.2, -0.15) is 5.26 Å². The topological polar surface area (TPSA) is 85.6 Å². The number of benzene rings is 2. The number of carbonyl (C=O) groups excluding carboxylic acids is 1. The van der Waals surface area contributed by atoms with Crippen molar-refractivity contribution in [3.63, 3.8) is 0 Å². The maximum Gasteiger partial charge on any atom is 0.255 e. The molecule has 0 unspecified atom stereocenters. The first-order valence-electron chi connectivity index (χ1n) is 10.7. The number of nitrogens with zero attached hydrogens (tertiary/aromatic N) is 2. The van der Waals surface area contributed by atoms with Crippen LogP contribution >= 0.6 is 41.5 Å². The van der Waals surface area contributed by atoms with E-state index >= 15 is 0 Å². The molecule has 6 nitrogen and oxygen atoms in total. The van der Waals surface area contributed by atoms with Crippen LogP contribution in [0.3, 0.4) is 0 Å². The van der Waals surface area contributed by atoms with Crippen molar-refractivity contribution >= 4 is 62.1 Å². The highest BCUT2D eigenvalue weighted by atomic mass is 127. The number of ether oxygens (including phenoxy) is 1. The van der Waals surface area contributed by atoms with Crippen LogP contribution in [0.2, 0.25) is 0 Å². The van der Waals surface area contributed by atoms with E-state index < -0.39 is 0 Å². The molecule has 1 fully saturated rings. The van der Waals surface area contributed by atoms with Crippen LogP contribution in [0.1, 0.15) is 39.9 Å². The second kappa shape index (κ2) is 12.7. The molecule has 2 N–H and O–H groups in total. The summed E-state index contributed by atoms with van der Waals surface area (Å²) in [4.78, 5) is 15.2. The lowest BCUT2D eigenvalue weighted by molar-refractivity contribution is 0.102. The van der Waals surface area contributed by atoms with Crippen molar-refractivity contribution in [1.82, 2.24) is 4.90 Å². The molecule has 3 rings (SSSR count). The number of hydrogen-bond acceptors (Lipinski definition) is 5. The van der Waals surface area contributed by atoms with Gasteiger partial charge in [-0.25, -0.2) is 0 Å². The van der Waals surface area contributed by atoms with E-state index in [1.54, 1.807) is 18.2 Å². The summed E-state index contributed by atoms with van der Waals surface area (Å²) < 4.78 is 14.6. The smallest absolute Gasteiger partial charge is 0.255 e. The molecular weight excluding hydrogens is 644 g/mol. The number of likely N-dealkylation sites (tertiary alicyclic amines) is 1. The third-order valence-electron chi connectivity index (χ3n) is 5.64. The van der Waals surface area contributed by atoms with Gasteiger partial charge in [-0.15, -0.1) is 0 Å². The molecule has 0 aromatic heterocycles. The molecule has 176 valence electrons. The van der Waals surface area contributed by atoms with Crippen LogP contribution < -0.4 is 10.1 Å². The van der Waals surface area contributed by atoms with Crippen LogP contribution in [0, 0.1) is 24.2 Å². The first-order chi connectivity index (χ1) is 16.0. The normalized spacial score (nSPS) is 16.4. The molecule has 1 heterocycles. The molecule has 1 amide bonds. The predicted molar refractivity (Wildman–Crippen MR) is 152 cm³/mol. The van der Waals surface area contributed by atoms with Gasteiger partial charge in [0.05, 0.1) is 11.6 Å². The van der Waals surface area contributed by atoms with Crippen LogP contribution in [0.4, 0.5) is 5.69 Å². The SMILES string of the molecule is C=IC(Oc1cc(NC(=O)c2ccc(C#N)cc2C)ccc1CN1CCC[C@H](CO)C1)I=C. The van der Waals surface area contributed by atoms with Gasteiger partial charge in [-0.1, -0.05) is 56.6 Å². The molecule has 1 aliphatic heterocycles. The van der Waals surface area contributed by atoms with E-state index in [0.717, 1.165) is 49.4 Å². The predicted octanol–water partition coefficient (Wildman–Crippen LogP) is 4.79. The highest BCUT2D eigenvalue weighted by Gasteiger charge is 2.21. The zero-order valence-electron chi connectivity index (χ0n) is 18.7. The van der Waals surface area contributed by atoms with Gasteiger partial charge in [0.15, 0.2) is 2.12 Å². The Bertz CT molecular complexity index is 1060. The van der Waals surface area contributed by atoms with Gasteiger partial charge in [-0.3, -0.25) is 9.69 Å². The van der Waals surface area contributed by atoms with Gasteiger partial charge >= 0.3 is 0 Å². The average molecular weight is 673 g/mol. The number of amides is 1. The number of piperidine rings is 1. The molecule has 1 saturated heterocycles. The van der Waals surface area contributed by atoms with Crippen molar-refractivity contribution in [3.8, 4) is 11.8 Å². The van der Waals surface area contributed by atoms with Crippen LogP contribution in [-0.2, 0) is 6.54 Å². The summed E-state index contributed by atoms with van der Waals surface area (Å²) in [5.74, 6) is 0.872. The molecule has 1 atom stereocenters. The highest BCUT2D eigenvalue weighted by molar-refractivity contribution is 14.3. The zero-order valence-corrected chi connectivity index (χ0v) is 23.0. The van der Waals surface area contributed by atoms with E-state index in [1.165, 1.54) is 0 Å². The Morgan fingerprint density at radius 3 is 2.79 bits per heavy atom. The van der Waals surface area contributed by atoms with E-state index in [0.29, 0.717) is 22.7 Å². The zero-order chi connectivity index (χ0) is 23.8. The van der Waals surface area contributed by atoms with E-state index in [4.69, 9.17) is 10.00 Å². The standard InChI is InChI=1S/C25H29I2N3O3/c1-17-11-18(13-28)6-9-22(17)24(32)29-21-8-7-20(23(12-21)33-25(26-2)27-3)15-30-10-4-5-19(14-30)16-31/h6-9,11-12,19,25,31H,2-5,10,14-16H2,1H3,(H,29,32)/t19-/m0/s1. The summed E-state index contributed by atoms with van der Waals surface area (Å²) in [6.45, 7) is 4.67. The molecule has 0 aliphatic carbocycles. The molecule has 0 spiro atoms. The fraction of sp³-hybridized carbons (Fsp3) is 0.360. The Hall–Kier alpha value is -1.68. The second-order valence-electron chi connectivity index (χ2n) is 8.03. The largest absolute Gasteiger partial charge is 0.471 e. The summed E-state index contributed by atoms with van der Waals surface area (Å²) in [5, 5.41) is 21.6. The van der Waals surface area contributed by atoms with Crippen molar-refractivity contribution in [3.05, 3.63) is 58.7 Å². The summed E-state index contributed by atoms with van der Waals surface area (Å²) in [6, 6.07) is 12.9. The van der Waals surface area contributed by atoms with E-state index in [1.807, 2.05) is 25.1 Å². The molecular formula is C25H29I2N3O3. The average Bonchev–Trinajstić information content (AvgIpc) is 2.83. The minimum Gasteiger partial charge on any atom is -0.471 e. The third-order valence-corrected chi connectivity index (χ3v) is 12.0. The number of nitriles is 1. The Kier molecular flexibility index (Phi) is 9.97. The van der Waals surface area contributed by atoms with E-state index in [2.05, 4.69) is 25.3 Å². The first-order valence-corrected chi connectivity index (χ1v) is 16.2. The number of halogens is 2. The molecule has 2 aromatic carbocycles. The summed E-state index contributed by atoms with van der Waals surface area (Å²) in [5.41, 5.74) is 3.56. The minimum absolute atomic E-state index is 0.111. The Morgan fingerprint density at radius 2 is 2.12 bits per heavy atom. The highest BCUT2D eigenvalue weighted by Crippen LogP contribution is 2.32. The maximum atomic E-state index is 12.9. The summed E-state index contributed by atoms with van der Waals surface area (Å²) >= 11 is -0.695. The van der Waals surface area contributed by atoms with Crippen molar-refractivity contribution in [2.45, 2.75) is 28.4 Å². The van der Waals surface area contributed by atoms with Crippen LogP contribution in [0.25, 0.3) is 0 Å². The number of nitrogens with one attached hydrogen (secondary N) is 1. The number of aliphatic hydroxyl groups excluding tert-OH is 1. The van der Waals surface area contributed by atoms with Crippen molar-refractivity contribution in [2.75, 3.05) is 25.0 Å². The number of carbonyl (C=O) groups is 1. The number of anilines is 1. The van der Waals surface area contributed by atoms with Gasteiger partial charge in [0.2, 0.25) is 0 Å². The Balaban J connectivity index is 1.82. The van der Waals surface area contributed by atoms with Gasteiger partial charge < -0.3 is 15.2 Å². The van der Waals surface area contributed by atoms with Gasteiger partial charge in [-0.05, 0) is 62.1 Å². The lowest BCUT2D eigenvalue weighted by atomic mass is 9.98. The minimum atomic E-state index is -0.348. The summed E-state index contributed by atoms with van der Waals surface area (Å²) in [6.07, 6.45) is 2.15. The number of rotatable bonds is 9. The lowest BCUT2D eigenvalue weighted by Gasteiger charge is -2.32. The van der Waals surface area contributed by atoms with Crippen LogP contribution in [0.5, 0.6) is 5.75 Å². The molecule has 8 heteroatoms. The van der Waals surface area contributed by atoms with E-state index in [9.17, 15) is 9.90 Å². The number of aryl methyl sites for hydroxylation is 1. The Morgan fingerprint density at radius 1 is 1.33 bits per heavy atom. The first kappa shape index (κ1) is 25.9. The molecule has 2 aromatic rings. The number of aliphatic hydroxyl groups is 1. The molecule has 0 saturated carbocycles. The monoisotopic (exact) mass is 673 g/mol. The lowest BCUT2D eigenvalue weighted by Crippen LogP contribution is -2.36. The van der Waals surface area contributed by atoms with E-state index in [-0.39, 0.29) is 56.1 Å². The molecule has 1 aliphatic rings. The molecule has 0 bridgehead atoms. The van der Waals surface area contributed by atoms with Crippen LogP contribution in [0.15, 0.2) is 36.4 Å². The fourth-order valence-corrected chi connectivity index (χ4v) is 6.67. The van der Waals surface area contributed by atoms with Crippen molar-refractivity contribution in [1.29, 1.82) is 5.26 Å². The molecule has 33 heavy (non-hydrogen) atoms. The van der Waals surface area contributed by atoms with Crippen molar-refractivity contribution < 1.29 is 14.6 Å². The molecule has 0 radical (unpaired) electrons. The maximum absolute atomic E-state index is 12.9. The van der Waals surface area contributed by atoms with Crippen LogP contribution in [-0.4, -0.2) is 46.8 Å². The van der Waals surface area contributed by atoms with Gasteiger partial charge in [0, 0.05) is 42.6 Å². The quantitative estimate of drug-likeness (QED) is 0.296.